The number of methoxy groups -OCH3 is 1. The Bertz CT molecular complexity index is 930. The number of allylic oxidation sites excluding steroid dienone is 3. The molecule has 3 rings (SSSR count). The Hall–Kier alpha value is -2.04. The predicted octanol–water partition coefficient (Wildman–Crippen LogP) is 6.04. The van der Waals surface area contributed by atoms with E-state index in [1.807, 2.05) is 43.5 Å². The van der Waals surface area contributed by atoms with E-state index in [4.69, 9.17) is 16.3 Å². The van der Waals surface area contributed by atoms with Crippen molar-refractivity contribution in [3.63, 3.8) is 0 Å². The molecule has 134 valence electrons. The maximum Gasteiger partial charge on any atom is 0.226 e. The van der Waals surface area contributed by atoms with Crippen molar-refractivity contribution >= 4 is 45.8 Å². The molecule has 0 radical (unpaired) electrons. The fourth-order valence-electron chi connectivity index (χ4n) is 3.17. The first-order chi connectivity index (χ1) is 12.4. The summed E-state index contributed by atoms with van der Waals surface area (Å²) in [6.07, 6.45) is 4.13. The molecular weight excluding hydrogens is 371 g/mol. The van der Waals surface area contributed by atoms with Gasteiger partial charge in [0.2, 0.25) is 5.24 Å². The molecule has 1 aliphatic carbocycles. The van der Waals surface area contributed by atoms with Gasteiger partial charge in [-0.1, -0.05) is 12.1 Å². The fraction of sp³-hybridized carbons (Fsp3) is 0.190. The second-order valence-electron chi connectivity index (χ2n) is 6.00. The van der Waals surface area contributed by atoms with E-state index < -0.39 is 11.1 Å². The molecule has 1 aliphatic rings. The van der Waals surface area contributed by atoms with Crippen LogP contribution >= 0.6 is 23.4 Å². The highest BCUT2D eigenvalue weighted by Gasteiger charge is 2.27. The number of halogens is 2. The van der Waals surface area contributed by atoms with Gasteiger partial charge < -0.3 is 4.74 Å². The number of hydrogen-bond acceptors (Lipinski definition) is 3. The van der Waals surface area contributed by atoms with Crippen molar-refractivity contribution in [2.45, 2.75) is 18.2 Å². The van der Waals surface area contributed by atoms with Crippen molar-refractivity contribution in [1.82, 2.24) is 0 Å². The topological polar surface area (TPSA) is 26.3 Å². The number of carbonyl (C=O) groups excluding carboxylic acids is 1. The van der Waals surface area contributed by atoms with Gasteiger partial charge in [0.15, 0.2) is 11.6 Å². The van der Waals surface area contributed by atoms with Gasteiger partial charge in [-0.15, -0.1) is 11.8 Å². The summed E-state index contributed by atoms with van der Waals surface area (Å²) in [6, 6.07) is 11.2. The summed E-state index contributed by atoms with van der Waals surface area (Å²) in [7, 11) is 1.42. The summed E-state index contributed by atoms with van der Waals surface area (Å²) in [5, 5.41) is -0.445. The van der Waals surface area contributed by atoms with Crippen LogP contribution in [0.15, 0.2) is 46.9 Å². The number of thioether (sulfide) groups is 1. The van der Waals surface area contributed by atoms with Gasteiger partial charge in [0.1, 0.15) is 0 Å². The zero-order chi connectivity index (χ0) is 18.8. The molecule has 0 bridgehead atoms. The van der Waals surface area contributed by atoms with Crippen molar-refractivity contribution in [3.05, 3.63) is 64.5 Å². The number of rotatable bonds is 5. The lowest BCUT2D eigenvalue weighted by molar-refractivity contribution is -0.110. The minimum Gasteiger partial charge on any atom is -0.494 e. The van der Waals surface area contributed by atoms with E-state index in [9.17, 15) is 9.18 Å². The summed E-state index contributed by atoms with van der Waals surface area (Å²) in [5.41, 5.74) is 5.19. The molecule has 0 heterocycles. The van der Waals surface area contributed by atoms with Gasteiger partial charge in [-0.3, -0.25) is 4.79 Å². The van der Waals surface area contributed by atoms with E-state index in [1.165, 1.54) is 18.1 Å². The van der Waals surface area contributed by atoms with E-state index >= 15 is 0 Å². The zero-order valence-corrected chi connectivity index (χ0v) is 16.3. The summed E-state index contributed by atoms with van der Waals surface area (Å²) >= 11 is 7.31. The van der Waals surface area contributed by atoms with E-state index in [1.54, 1.807) is 17.8 Å². The van der Waals surface area contributed by atoms with Crippen molar-refractivity contribution in [2.24, 2.45) is 0 Å². The molecule has 0 amide bonds. The fourth-order valence-corrected chi connectivity index (χ4v) is 3.71. The van der Waals surface area contributed by atoms with Crippen LogP contribution in [0.2, 0.25) is 0 Å². The summed E-state index contributed by atoms with van der Waals surface area (Å²) in [6.45, 7) is 1.93. The third-order valence-electron chi connectivity index (χ3n) is 4.51. The molecule has 0 saturated carbocycles. The Kier molecular flexibility index (Phi) is 5.54. The van der Waals surface area contributed by atoms with Crippen LogP contribution in [0.25, 0.3) is 17.2 Å². The third-order valence-corrected chi connectivity index (χ3v) is 5.38. The molecule has 5 heteroatoms. The zero-order valence-electron chi connectivity index (χ0n) is 14.7. The lowest BCUT2D eigenvalue weighted by atomic mass is 10.00. The van der Waals surface area contributed by atoms with Gasteiger partial charge in [0.25, 0.3) is 0 Å². The molecule has 26 heavy (non-hydrogen) atoms. The van der Waals surface area contributed by atoms with E-state index in [0.29, 0.717) is 0 Å². The molecule has 2 nitrogen and oxygen atoms in total. The highest BCUT2D eigenvalue weighted by atomic mass is 35.5. The first-order valence-electron chi connectivity index (χ1n) is 8.07. The minimum atomic E-state index is -0.445. The van der Waals surface area contributed by atoms with Gasteiger partial charge in [-0.05, 0) is 88.5 Å². The highest BCUT2D eigenvalue weighted by Crippen LogP contribution is 2.45. The van der Waals surface area contributed by atoms with Crippen LogP contribution < -0.4 is 4.74 Å². The summed E-state index contributed by atoms with van der Waals surface area (Å²) in [4.78, 5) is 12.7. The second-order valence-corrected chi connectivity index (χ2v) is 7.30. The van der Waals surface area contributed by atoms with Gasteiger partial charge >= 0.3 is 0 Å². The van der Waals surface area contributed by atoms with Crippen LogP contribution in [0.1, 0.15) is 30.0 Å². The standard InChI is InChI=1S/C21H18ClFO2S/c1-12-15(8-13-4-6-14(26-3)7-5-13)17-9-19(23)20(25-2)10-18(17)16(12)11-21(22)24/h4-10H,11H2,1-3H3/b15-8-. The molecule has 0 fully saturated rings. The minimum absolute atomic E-state index is 0.0952. The number of carbonyl (C=O) groups is 1. The smallest absolute Gasteiger partial charge is 0.226 e. The first-order valence-corrected chi connectivity index (χ1v) is 9.67. The largest absolute Gasteiger partial charge is 0.494 e. The van der Waals surface area contributed by atoms with Crippen LogP contribution in [0.5, 0.6) is 5.75 Å². The van der Waals surface area contributed by atoms with E-state index in [2.05, 4.69) is 0 Å². The Morgan fingerprint density at radius 2 is 1.92 bits per heavy atom. The highest BCUT2D eigenvalue weighted by molar-refractivity contribution is 7.98. The van der Waals surface area contributed by atoms with Crippen LogP contribution in [0, 0.1) is 5.82 Å². The SMILES string of the molecule is COc1cc2c(cc1F)/C(=C\c1ccc(SC)cc1)C(C)=C2CC(=O)Cl. The molecule has 0 unspecified atom stereocenters. The van der Waals surface area contributed by atoms with Gasteiger partial charge in [0, 0.05) is 11.3 Å². The molecule has 0 atom stereocenters. The molecular formula is C21H18ClFO2S. The molecule has 0 saturated heterocycles. The van der Waals surface area contributed by atoms with Crippen LogP contribution in [0.4, 0.5) is 4.39 Å². The maximum atomic E-state index is 14.3. The Balaban J connectivity index is 2.16. The number of hydrogen-bond donors (Lipinski definition) is 0. The van der Waals surface area contributed by atoms with Gasteiger partial charge in [-0.25, -0.2) is 4.39 Å². The van der Waals surface area contributed by atoms with Crippen LogP contribution in [-0.4, -0.2) is 18.6 Å². The molecule has 2 aromatic carbocycles. The van der Waals surface area contributed by atoms with Gasteiger partial charge in [-0.2, -0.15) is 0 Å². The predicted molar refractivity (Wildman–Crippen MR) is 107 cm³/mol. The van der Waals surface area contributed by atoms with Crippen LogP contribution in [-0.2, 0) is 4.79 Å². The lowest BCUT2D eigenvalue weighted by Crippen LogP contribution is -1.95. The monoisotopic (exact) mass is 388 g/mol. The first kappa shape index (κ1) is 18.7. The Labute approximate surface area is 161 Å². The summed E-state index contributed by atoms with van der Waals surface area (Å²) < 4.78 is 19.4. The molecule has 0 N–H and O–H groups in total. The normalized spacial score (nSPS) is 14.7. The molecule has 2 aromatic rings. The van der Waals surface area contributed by atoms with Crippen LogP contribution in [0.3, 0.4) is 0 Å². The third kappa shape index (κ3) is 3.57. The Morgan fingerprint density at radius 1 is 1.23 bits per heavy atom. The van der Waals surface area contributed by atoms with Crippen molar-refractivity contribution < 1.29 is 13.9 Å². The number of benzene rings is 2. The number of ether oxygens (including phenoxy) is 1. The number of fused-ring (bicyclic) bond motifs is 1. The quantitative estimate of drug-likeness (QED) is 0.461. The maximum absolute atomic E-state index is 14.3. The van der Waals surface area contributed by atoms with Crippen molar-refractivity contribution in [2.75, 3.05) is 13.4 Å². The van der Waals surface area contributed by atoms with Gasteiger partial charge in [0.05, 0.1) is 7.11 Å². The van der Waals surface area contributed by atoms with E-state index in [0.717, 1.165) is 33.4 Å². The van der Waals surface area contributed by atoms with Crippen molar-refractivity contribution in [3.8, 4) is 5.75 Å². The van der Waals surface area contributed by atoms with E-state index in [-0.39, 0.29) is 12.2 Å². The average molecular weight is 389 g/mol. The lowest BCUT2D eigenvalue weighted by Gasteiger charge is -2.09. The molecule has 0 aliphatic heterocycles. The molecule has 0 spiro atoms. The summed E-state index contributed by atoms with van der Waals surface area (Å²) in [5.74, 6) is -0.275. The second kappa shape index (κ2) is 7.68. The molecule has 0 aromatic heterocycles. The Morgan fingerprint density at radius 3 is 2.50 bits per heavy atom. The average Bonchev–Trinajstić information content (AvgIpc) is 2.86. The van der Waals surface area contributed by atoms with Crippen molar-refractivity contribution in [1.29, 1.82) is 0 Å².